The smallest absolute Gasteiger partial charge is 0.242 e. The highest BCUT2D eigenvalue weighted by molar-refractivity contribution is 5.90. The van der Waals surface area contributed by atoms with Gasteiger partial charge >= 0.3 is 0 Å². The molecule has 4 nitrogen and oxygen atoms in total. The number of nitrogens with one attached hydrogen (secondary N) is 2. The molecule has 0 bridgehead atoms. The fourth-order valence-corrected chi connectivity index (χ4v) is 2.31. The van der Waals surface area contributed by atoms with E-state index < -0.39 is 0 Å². The van der Waals surface area contributed by atoms with Crippen molar-refractivity contribution in [3.63, 3.8) is 0 Å². The Bertz CT molecular complexity index is 471. The van der Waals surface area contributed by atoms with Gasteiger partial charge in [0.15, 0.2) is 0 Å². The normalized spacial score (nSPS) is 18.2. The summed E-state index contributed by atoms with van der Waals surface area (Å²) in [7, 11) is 0. The van der Waals surface area contributed by atoms with Crippen molar-refractivity contribution in [2.45, 2.75) is 38.6 Å². The Kier molecular flexibility index (Phi) is 4.55. The van der Waals surface area contributed by atoms with Crippen molar-refractivity contribution in [1.82, 2.24) is 10.6 Å². The molecular weight excluding hydrogens is 240 g/mol. The Balaban J connectivity index is 1.66. The van der Waals surface area contributed by atoms with Gasteiger partial charge in [-0.1, -0.05) is 29.8 Å². The van der Waals surface area contributed by atoms with E-state index in [4.69, 9.17) is 0 Å². The lowest BCUT2D eigenvalue weighted by molar-refractivity contribution is -0.125. The maximum atomic E-state index is 11.7. The van der Waals surface area contributed by atoms with E-state index in [9.17, 15) is 9.59 Å². The zero-order chi connectivity index (χ0) is 13.7. The highest BCUT2D eigenvalue weighted by atomic mass is 16.2. The van der Waals surface area contributed by atoms with Crippen molar-refractivity contribution in [3.8, 4) is 0 Å². The predicted octanol–water partition coefficient (Wildman–Crippen LogP) is 1.32. The van der Waals surface area contributed by atoms with E-state index in [2.05, 4.69) is 41.8 Å². The first-order valence-corrected chi connectivity index (χ1v) is 6.78. The summed E-state index contributed by atoms with van der Waals surface area (Å²) in [6.07, 6.45) is 2.94. The van der Waals surface area contributed by atoms with Crippen LogP contribution < -0.4 is 10.6 Å². The standard InChI is InChI=1S/C15H20N2O2/c1-11-4-2-5-12(10-11)6-3-9-16-15(19)13-7-8-14(18)17-13/h2,4-5,10,13H,3,6-9H2,1H3,(H,16,19)(H,17,18). The third-order valence-electron chi connectivity index (χ3n) is 3.34. The van der Waals surface area contributed by atoms with Gasteiger partial charge < -0.3 is 10.6 Å². The Hall–Kier alpha value is -1.84. The molecule has 4 heteroatoms. The van der Waals surface area contributed by atoms with Gasteiger partial charge in [0.1, 0.15) is 6.04 Å². The molecule has 2 amide bonds. The topological polar surface area (TPSA) is 58.2 Å². The Labute approximate surface area is 113 Å². The molecule has 0 spiro atoms. The van der Waals surface area contributed by atoms with Crippen LogP contribution in [0.25, 0.3) is 0 Å². The lowest BCUT2D eigenvalue weighted by atomic mass is 10.1. The van der Waals surface area contributed by atoms with Crippen molar-refractivity contribution >= 4 is 11.8 Å². The van der Waals surface area contributed by atoms with Crippen LogP contribution in [-0.4, -0.2) is 24.4 Å². The second-order valence-electron chi connectivity index (χ2n) is 5.04. The Morgan fingerprint density at radius 3 is 3.00 bits per heavy atom. The van der Waals surface area contributed by atoms with Gasteiger partial charge in [-0.05, 0) is 31.7 Å². The maximum absolute atomic E-state index is 11.7. The number of carbonyl (C=O) groups is 2. The molecule has 2 N–H and O–H groups in total. The summed E-state index contributed by atoms with van der Waals surface area (Å²) in [5.74, 6) is -0.0880. The first-order valence-electron chi connectivity index (χ1n) is 6.78. The molecule has 1 fully saturated rings. The largest absolute Gasteiger partial charge is 0.354 e. The fraction of sp³-hybridized carbons (Fsp3) is 0.467. The van der Waals surface area contributed by atoms with Crippen molar-refractivity contribution < 1.29 is 9.59 Å². The molecule has 0 aromatic heterocycles. The minimum absolute atomic E-state index is 0.0279. The molecule has 19 heavy (non-hydrogen) atoms. The van der Waals surface area contributed by atoms with E-state index in [0.717, 1.165) is 12.8 Å². The fourth-order valence-electron chi connectivity index (χ4n) is 2.31. The number of aryl methyl sites for hydroxylation is 2. The minimum atomic E-state index is -0.327. The molecule has 0 saturated carbocycles. The van der Waals surface area contributed by atoms with Crippen molar-refractivity contribution in [2.24, 2.45) is 0 Å². The van der Waals surface area contributed by atoms with E-state index in [-0.39, 0.29) is 17.9 Å². The molecule has 102 valence electrons. The van der Waals surface area contributed by atoms with Crippen LogP contribution in [-0.2, 0) is 16.0 Å². The minimum Gasteiger partial charge on any atom is -0.354 e. The average Bonchev–Trinajstić information content (AvgIpc) is 2.81. The summed E-state index contributed by atoms with van der Waals surface area (Å²) in [5, 5.41) is 5.55. The van der Waals surface area contributed by atoms with E-state index in [1.165, 1.54) is 11.1 Å². The monoisotopic (exact) mass is 260 g/mol. The van der Waals surface area contributed by atoms with E-state index in [1.807, 2.05) is 0 Å². The van der Waals surface area contributed by atoms with E-state index in [1.54, 1.807) is 0 Å². The first kappa shape index (κ1) is 13.6. The van der Waals surface area contributed by atoms with Crippen LogP contribution in [0.2, 0.25) is 0 Å². The van der Waals surface area contributed by atoms with Crippen LogP contribution in [0, 0.1) is 6.92 Å². The van der Waals surface area contributed by atoms with E-state index in [0.29, 0.717) is 19.4 Å². The molecular formula is C15H20N2O2. The van der Waals surface area contributed by atoms with Crippen LogP contribution in [0.15, 0.2) is 24.3 Å². The van der Waals surface area contributed by atoms with Crippen LogP contribution in [0.4, 0.5) is 0 Å². The van der Waals surface area contributed by atoms with Gasteiger partial charge in [0, 0.05) is 13.0 Å². The SMILES string of the molecule is Cc1cccc(CCCNC(=O)C2CCC(=O)N2)c1. The molecule has 0 radical (unpaired) electrons. The average molecular weight is 260 g/mol. The second kappa shape index (κ2) is 6.36. The molecule has 1 heterocycles. The summed E-state index contributed by atoms with van der Waals surface area (Å²) in [6.45, 7) is 2.73. The Morgan fingerprint density at radius 2 is 2.32 bits per heavy atom. The van der Waals surface area contributed by atoms with Crippen LogP contribution >= 0.6 is 0 Å². The maximum Gasteiger partial charge on any atom is 0.242 e. The summed E-state index contributed by atoms with van der Waals surface area (Å²) in [5.41, 5.74) is 2.55. The van der Waals surface area contributed by atoms with Gasteiger partial charge in [0.05, 0.1) is 0 Å². The number of rotatable bonds is 5. The molecule has 1 saturated heterocycles. The second-order valence-corrected chi connectivity index (χ2v) is 5.04. The van der Waals surface area contributed by atoms with Crippen molar-refractivity contribution in [3.05, 3.63) is 35.4 Å². The number of amides is 2. The third kappa shape index (κ3) is 4.09. The first-order chi connectivity index (χ1) is 9.15. The lowest BCUT2D eigenvalue weighted by Crippen LogP contribution is -2.41. The molecule has 1 atom stereocenters. The number of hydrogen-bond acceptors (Lipinski definition) is 2. The van der Waals surface area contributed by atoms with Gasteiger partial charge in [0.2, 0.25) is 11.8 Å². The molecule has 1 unspecified atom stereocenters. The van der Waals surface area contributed by atoms with Gasteiger partial charge in [-0.2, -0.15) is 0 Å². The molecule has 0 aliphatic carbocycles. The predicted molar refractivity (Wildman–Crippen MR) is 73.7 cm³/mol. The van der Waals surface area contributed by atoms with Gasteiger partial charge in [-0.15, -0.1) is 0 Å². The highest BCUT2D eigenvalue weighted by Crippen LogP contribution is 2.07. The highest BCUT2D eigenvalue weighted by Gasteiger charge is 2.26. The Morgan fingerprint density at radius 1 is 1.47 bits per heavy atom. The van der Waals surface area contributed by atoms with E-state index >= 15 is 0 Å². The third-order valence-corrected chi connectivity index (χ3v) is 3.34. The summed E-state index contributed by atoms with van der Waals surface area (Å²) >= 11 is 0. The zero-order valence-corrected chi connectivity index (χ0v) is 11.2. The molecule has 2 rings (SSSR count). The summed E-state index contributed by atoms with van der Waals surface area (Å²) < 4.78 is 0. The number of carbonyl (C=O) groups excluding carboxylic acids is 2. The molecule has 1 aliphatic heterocycles. The van der Waals surface area contributed by atoms with Gasteiger partial charge in [0.25, 0.3) is 0 Å². The molecule has 1 aromatic rings. The van der Waals surface area contributed by atoms with Gasteiger partial charge in [-0.3, -0.25) is 9.59 Å². The lowest BCUT2D eigenvalue weighted by Gasteiger charge is -2.10. The number of benzene rings is 1. The van der Waals surface area contributed by atoms with Crippen LogP contribution in [0.5, 0.6) is 0 Å². The van der Waals surface area contributed by atoms with Crippen LogP contribution in [0.3, 0.4) is 0 Å². The quantitative estimate of drug-likeness (QED) is 0.785. The van der Waals surface area contributed by atoms with Crippen LogP contribution in [0.1, 0.15) is 30.4 Å². The summed E-state index contributed by atoms with van der Waals surface area (Å²) in [4.78, 5) is 22.7. The van der Waals surface area contributed by atoms with Crippen molar-refractivity contribution in [2.75, 3.05) is 6.54 Å². The van der Waals surface area contributed by atoms with Gasteiger partial charge in [-0.25, -0.2) is 0 Å². The zero-order valence-electron chi connectivity index (χ0n) is 11.2. The molecule has 1 aliphatic rings. The molecule has 1 aromatic carbocycles. The van der Waals surface area contributed by atoms with Crippen molar-refractivity contribution in [1.29, 1.82) is 0 Å². The summed E-state index contributed by atoms with van der Waals surface area (Å²) in [6, 6.07) is 8.07. The number of hydrogen-bond donors (Lipinski definition) is 2.